The first-order chi connectivity index (χ1) is 7.10. The van der Waals surface area contributed by atoms with Crippen LogP contribution in [0.3, 0.4) is 0 Å². The summed E-state index contributed by atoms with van der Waals surface area (Å²) in [6, 6.07) is 0. The highest BCUT2D eigenvalue weighted by Crippen LogP contribution is 2.44. The predicted molar refractivity (Wildman–Crippen MR) is 56.6 cm³/mol. The molecule has 0 aromatic rings. The minimum Gasteiger partial charge on any atom is -0.394 e. The van der Waals surface area contributed by atoms with E-state index in [-0.39, 0.29) is 30.5 Å². The van der Waals surface area contributed by atoms with Gasteiger partial charge in [0.15, 0.2) is 6.29 Å². The Hall–Kier alpha value is -0.160. The minimum absolute atomic E-state index is 0.0613. The molecule has 1 aliphatic rings. The molecule has 4 heteroatoms. The van der Waals surface area contributed by atoms with Crippen LogP contribution in [0.1, 0.15) is 27.7 Å². The minimum atomic E-state index is -0.302. The van der Waals surface area contributed by atoms with Gasteiger partial charge in [-0.2, -0.15) is 0 Å². The summed E-state index contributed by atoms with van der Waals surface area (Å²) in [5.41, 5.74) is -0.302. The molecule has 1 heterocycles. The van der Waals surface area contributed by atoms with Gasteiger partial charge >= 0.3 is 0 Å². The van der Waals surface area contributed by atoms with Crippen molar-refractivity contribution in [2.75, 3.05) is 19.8 Å². The summed E-state index contributed by atoms with van der Waals surface area (Å²) in [5, 5.41) is 9.03. The summed E-state index contributed by atoms with van der Waals surface area (Å²) in [6.45, 7) is 9.21. The number of epoxide rings is 1. The Morgan fingerprint density at radius 2 is 1.87 bits per heavy atom. The standard InChI is InChI=1S/C11H22O4/c1-5-13-10(14-6-2)8(3)11(4)9(7-12)15-11/h8-10,12H,5-7H2,1-4H3/t8-,9-,11-/m1/s1. The molecule has 1 aliphatic heterocycles. The van der Waals surface area contributed by atoms with Gasteiger partial charge in [-0.1, -0.05) is 6.92 Å². The maximum Gasteiger partial charge on any atom is 0.162 e. The number of hydrogen-bond acceptors (Lipinski definition) is 4. The molecule has 0 aromatic carbocycles. The van der Waals surface area contributed by atoms with Crippen LogP contribution < -0.4 is 0 Å². The van der Waals surface area contributed by atoms with Gasteiger partial charge in [-0.05, 0) is 20.8 Å². The molecule has 0 radical (unpaired) electrons. The number of hydrogen-bond donors (Lipinski definition) is 1. The Morgan fingerprint density at radius 1 is 1.33 bits per heavy atom. The van der Waals surface area contributed by atoms with Crippen LogP contribution in [0, 0.1) is 5.92 Å². The van der Waals surface area contributed by atoms with E-state index in [2.05, 4.69) is 0 Å². The molecule has 0 aromatic heterocycles. The lowest BCUT2D eigenvalue weighted by molar-refractivity contribution is -0.174. The van der Waals surface area contributed by atoms with Crippen LogP contribution in [0.15, 0.2) is 0 Å². The summed E-state index contributed by atoms with van der Waals surface area (Å²) in [7, 11) is 0. The fourth-order valence-corrected chi connectivity index (χ4v) is 1.83. The van der Waals surface area contributed by atoms with Crippen LogP contribution in [0.25, 0.3) is 0 Å². The third kappa shape index (κ3) is 2.69. The summed E-state index contributed by atoms with van der Waals surface area (Å²) >= 11 is 0. The van der Waals surface area contributed by atoms with Crippen molar-refractivity contribution in [2.45, 2.75) is 45.7 Å². The molecule has 1 N–H and O–H groups in total. The van der Waals surface area contributed by atoms with Crippen LogP contribution in [-0.2, 0) is 14.2 Å². The summed E-state index contributed by atoms with van der Waals surface area (Å²) in [5.74, 6) is 0.120. The highest BCUT2D eigenvalue weighted by Gasteiger charge is 2.58. The maximum absolute atomic E-state index is 9.03. The SMILES string of the molecule is CCOC(OCC)[C@@H](C)[C@@]1(C)O[C@@H]1CO. The van der Waals surface area contributed by atoms with Crippen LogP contribution in [0.5, 0.6) is 0 Å². The van der Waals surface area contributed by atoms with Gasteiger partial charge in [-0.15, -0.1) is 0 Å². The van der Waals surface area contributed by atoms with Gasteiger partial charge in [-0.25, -0.2) is 0 Å². The third-order valence-electron chi connectivity index (χ3n) is 3.12. The lowest BCUT2D eigenvalue weighted by atomic mass is 9.92. The zero-order valence-electron chi connectivity index (χ0n) is 10.0. The number of aliphatic hydroxyl groups is 1. The zero-order chi connectivity index (χ0) is 11.5. The van der Waals surface area contributed by atoms with E-state index in [1.54, 1.807) is 0 Å². The van der Waals surface area contributed by atoms with Gasteiger partial charge in [0.05, 0.1) is 6.61 Å². The van der Waals surface area contributed by atoms with Crippen molar-refractivity contribution in [3.63, 3.8) is 0 Å². The highest BCUT2D eigenvalue weighted by molar-refractivity contribution is 5.03. The molecule has 0 amide bonds. The molecule has 1 saturated heterocycles. The molecule has 0 aliphatic carbocycles. The third-order valence-corrected chi connectivity index (χ3v) is 3.12. The van der Waals surface area contributed by atoms with Crippen molar-refractivity contribution in [2.24, 2.45) is 5.92 Å². The molecule has 1 fully saturated rings. The number of rotatable bonds is 7. The number of ether oxygens (including phenoxy) is 3. The molecule has 1 rings (SSSR count). The monoisotopic (exact) mass is 218 g/mol. The Bertz CT molecular complexity index is 191. The fraction of sp³-hybridized carbons (Fsp3) is 1.00. The van der Waals surface area contributed by atoms with E-state index in [0.29, 0.717) is 13.2 Å². The van der Waals surface area contributed by atoms with E-state index >= 15 is 0 Å². The van der Waals surface area contributed by atoms with Crippen molar-refractivity contribution in [3.05, 3.63) is 0 Å². The lowest BCUT2D eigenvalue weighted by Gasteiger charge is -2.26. The highest BCUT2D eigenvalue weighted by atomic mass is 16.7. The number of aliphatic hydroxyl groups excluding tert-OH is 1. The Morgan fingerprint density at radius 3 is 2.20 bits per heavy atom. The largest absolute Gasteiger partial charge is 0.394 e. The fourth-order valence-electron chi connectivity index (χ4n) is 1.83. The van der Waals surface area contributed by atoms with E-state index in [4.69, 9.17) is 19.3 Å². The van der Waals surface area contributed by atoms with Crippen molar-refractivity contribution in [1.82, 2.24) is 0 Å². The summed E-state index contributed by atoms with van der Waals surface area (Å²) in [4.78, 5) is 0. The molecule has 0 bridgehead atoms. The van der Waals surface area contributed by atoms with Crippen molar-refractivity contribution in [1.29, 1.82) is 0 Å². The van der Waals surface area contributed by atoms with E-state index < -0.39 is 0 Å². The molecule has 4 nitrogen and oxygen atoms in total. The normalized spacial score (nSPS) is 32.0. The summed E-state index contributed by atoms with van der Waals surface area (Å²) in [6.07, 6.45) is -0.322. The average molecular weight is 218 g/mol. The van der Waals surface area contributed by atoms with Crippen LogP contribution >= 0.6 is 0 Å². The first kappa shape index (κ1) is 12.9. The zero-order valence-corrected chi connectivity index (χ0v) is 10.0. The quantitative estimate of drug-likeness (QED) is 0.515. The van der Waals surface area contributed by atoms with Crippen molar-refractivity contribution in [3.8, 4) is 0 Å². The van der Waals surface area contributed by atoms with Crippen LogP contribution in [0.4, 0.5) is 0 Å². The first-order valence-electron chi connectivity index (χ1n) is 5.62. The Balaban J connectivity index is 2.52. The molecule has 0 spiro atoms. The molecule has 0 saturated carbocycles. The second-order valence-electron chi connectivity index (χ2n) is 4.04. The molecular formula is C11H22O4. The second-order valence-corrected chi connectivity index (χ2v) is 4.04. The summed E-state index contributed by atoms with van der Waals surface area (Å²) < 4.78 is 16.5. The smallest absolute Gasteiger partial charge is 0.162 e. The van der Waals surface area contributed by atoms with Crippen LogP contribution in [0.2, 0.25) is 0 Å². The van der Waals surface area contributed by atoms with Gasteiger partial charge in [0.1, 0.15) is 11.7 Å². The Labute approximate surface area is 91.5 Å². The van der Waals surface area contributed by atoms with E-state index in [1.165, 1.54) is 0 Å². The lowest BCUT2D eigenvalue weighted by Crippen LogP contribution is -2.36. The van der Waals surface area contributed by atoms with E-state index in [9.17, 15) is 0 Å². The first-order valence-corrected chi connectivity index (χ1v) is 5.62. The molecular weight excluding hydrogens is 196 g/mol. The molecule has 3 atom stereocenters. The van der Waals surface area contributed by atoms with Gasteiger partial charge in [0.25, 0.3) is 0 Å². The van der Waals surface area contributed by atoms with Crippen molar-refractivity contribution < 1.29 is 19.3 Å². The van der Waals surface area contributed by atoms with Gasteiger partial charge < -0.3 is 19.3 Å². The molecule has 0 unspecified atom stereocenters. The topological polar surface area (TPSA) is 51.2 Å². The van der Waals surface area contributed by atoms with E-state index in [1.807, 2.05) is 27.7 Å². The van der Waals surface area contributed by atoms with Crippen molar-refractivity contribution >= 4 is 0 Å². The van der Waals surface area contributed by atoms with Gasteiger partial charge in [-0.3, -0.25) is 0 Å². The van der Waals surface area contributed by atoms with Crippen LogP contribution in [-0.4, -0.2) is 42.9 Å². The average Bonchev–Trinajstić information content (AvgIpc) is 2.90. The molecule has 15 heavy (non-hydrogen) atoms. The van der Waals surface area contributed by atoms with E-state index in [0.717, 1.165) is 0 Å². The van der Waals surface area contributed by atoms with Gasteiger partial charge in [0, 0.05) is 19.1 Å². The maximum atomic E-state index is 9.03. The Kier molecular flexibility index (Phi) is 4.52. The second kappa shape index (κ2) is 5.25. The molecule has 90 valence electrons. The van der Waals surface area contributed by atoms with Gasteiger partial charge in [0.2, 0.25) is 0 Å². The predicted octanol–water partition coefficient (Wildman–Crippen LogP) is 1.17.